The molecule has 0 atom stereocenters. The van der Waals surface area contributed by atoms with Gasteiger partial charge in [0.1, 0.15) is 11.6 Å². The van der Waals surface area contributed by atoms with Crippen molar-refractivity contribution in [1.82, 2.24) is 5.32 Å². The van der Waals surface area contributed by atoms with Gasteiger partial charge in [-0.15, -0.1) is 0 Å². The minimum Gasteiger partial charge on any atom is -0.493 e. The molecule has 1 amide bonds. The summed E-state index contributed by atoms with van der Waals surface area (Å²) in [6.45, 7) is 3.33. The highest BCUT2D eigenvalue weighted by molar-refractivity contribution is 9.10. The topological polar surface area (TPSA) is 97.7 Å². The molecular weight excluding hydrogens is 392 g/mol. The van der Waals surface area contributed by atoms with Gasteiger partial charge in [-0.2, -0.15) is 5.26 Å². The molecule has 0 radical (unpaired) electrons. The summed E-state index contributed by atoms with van der Waals surface area (Å²) < 4.78 is 15.7. The minimum absolute atomic E-state index is 0.0362. The van der Waals surface area contributed by atoms with Gasteiger partial charge in [0.2, 0.25) is 0 Å². The molecule has 0 heterocycles. The summed E-state index contributed by atoms with van der Waals surface area (Å²) in [4.78, 5) is 23.2. The van der Waals surface area contributed by atoms with E-state index in [1.165, 1.54) is 20.3 Å². The van der Waals surface area contributed by atoms with Crippen molar-refractivity contribution >= 4 is 33.9 Å². The molecule has 0 saturated carbocycles. The molecule has 0 aromatic heterocycles. The van der Waals surface area contributed by atoms with Crippen molar-refractivity contribution in [2.75, 3.05) is 20.8 Å². The summed E-state index contributed by atoms with van der Waals surface area (Å²) in [5.74, 6) is -0.338. The first-order chi connectivity index (χ1) is 11.8. The fraction of sp³-hybridized carbons (Fsp3) is 0.353. The highest BCUT2D eigenvalue weighted by Crippen LogP contribution is 2.37. The second-order valence-corrected chi connectivity index (χ2v) is 6.05. The zero-order valence-electron chi connectivity index (χ0n) is 14.4. The smallest absolute Gasteiger partial charge is 0.343 e. The first-order valence-electron chi connectivity index (χ1n) is 7.32. The number of methoxy groups -OCH3 is 2. The first-order valence-corrected chi connectivity index (χ1v) is 8.11. The lowest BCUT2D eigenvalue weighted by Crippen LogP contribution is -2.30. The molecule has 0 bridgehead atoms. The average molecular weight is 411 g/mol. The van der Waals surface area contributed by atoms with Gasteiger partial charge >= 0.3 is 5.97 Å². The lowest BCUT2D eigenvalue weighted by Gasteiger charge is -2.13. The minimum atomic E-state index is -0.532. The molecule has 0 fully saturated rings. The standard InChI is InChI=1S/C17H19BrN2O5/c1-10(2)20-17(22)12(8-19)5-11-6-13(18)16(14(7-11)23-3)25-9-15(21)24-4/h5-7,10H,9H2,1-4H3,(H,20,22)/b12-5-. The number of nitrogens with zero attached hydrogens (tertiary/aromatic N) is 1. The normalized spacial score (nSPS) is 10.8. The number of ether oxygens (including phenoxy) is 3. The number of hydrogen-bond donors (Lipinski definition) is 1. The van der Waals surface area contributed by atoms with E-state index in [4.69, 9.17) is 9.47 Å². The van der Waals surface area contributed by atoms with Crippen LogP contribution in [0.2, 0.25) is 0 Å². The van der Waals surface area contributed by atoms with Gasteiger partial charge in [-0.05, 0) is 53.5 Å². The van der Waals surface area contributed by atoms with Gasteiger partial charge in [0.25, 0.3) is 5.91 Å². The van der Waals surface area contributed by atoms with Crippen LogP contribution in [-0.4, -0.2) is 38.7 Å². The summed E-state index contributed by atoms with van der Waals surface area (Å²) >= 11 is 3.33. The highest BCUT2D eigenvalue weighted by atomic mass is 79.9. The molecule has 1 N–H and O–H groups in total. The maximum atomic E-state index is 12.0. The maximum absolute atomic E-state index is 12.0. The van der Waals surface area contributed by atoms with E-state index in [-0.39, 0.29) is 18.2 Å². The van der Waals surface area contributed by atoms with Crippen LogP contribution in [0.1, 0.15) is 19.4 Å². The Morgan fingerprint density at radius 2 is 2.04 bits per heavy atom. The number of rotatable bonds is 7. The fourth-order valence-corrected chi connectivity index (χ4v) is 2.38. The summed E-state index contributed by atoms with van der Waals surface area (Å²) in [5, 5.41) is 11.9. The number of nitrogens with one attached hydrogen (secondary N) is 1. The van der Waals surface area contributed by atoms with Gasteiger partial charge in [-0.25, -0.2) is 4.79 Å². The molecule has 0 spiro atoms. The molecule has 0 aliphatic rings. The predicted octanol–water partition coefficient (Wildman–Crippen LogP) is 2.44. The van der Waals surface area contributed by atoms with Crippen LogP contribution in [0.25, 0.3) is 6.08 Å². The third-order valence-corrected chi connectivity index (χ3v) is 3.50. The molecule has 0 unspecified atom stereocenters. The van der Waals surface area contributed by atoms with Crippen LogP contribution in [0.3, 0.4) is 0 Å². The van der Waals surface area contributed by atoms with Gasteiger partial charge in [0.05, 0.1) is 18.7 Å². The van der Waals surface area contributed by atoms with Gasteiger partial charge in [-0.1, -0.05) is 0 Å². The fourth-order valence-electron chi connectivity index (χ4n) is 1.81. The number of halogens is 1. The van der Waals surface area contributed by atoms with Crippen molar-refractivity contribution in [3.63, 3.8) is 0 Å². The number of amides is 1. The lowest BCUT2D eigenvalue weighted by atomic mass is 10.1. The SMILES string of the molecule is COC(=O)COc1c(Br)cc(/C=C(/C#N)C(=O)NC(C)C)cc1OC. The Morgan fingerprint density at radius 3 is 2.56 bits per heavy atom. The van der Waals surface area contributed by atoms with Gasteiger partial charge in [-0.3, -0.25) is 4.79 Å². The number of esters is 1. The van der Waals surface area contributed by atoms with E-state index in [0.717, 1.165) is 0 Å². The molecule has 0 aliphatic heterocycles. The van der Waals surface area contributed by atoms with Crippen molar-refractivity contribution in [1.29, 1.82) is 5.26 Å². The van der Waals surface area contributed by atoms with Crippen LogP contribution in [0, 0.1) is 11.3 Å². The summed E-state index contributed by atoms with van der Waals surface area (Å²) in [6.07, 6.45) is 1.44. The van der Waals surface area contributed by atoms with Crippen LogP contribution in [0.4, 0.5) is 0 Å². The Bertz CT molecular complexity index is 722. The molecule has 8 heteroatoms. The van der Waals surface area contributed by atoms with E-state index < -0.39 is 11.9 Å². The van der Waals surface area contributed by atoms with E-state index in [0.29, 0.717) is 21.5 Å². The molecule has 1 aromatic carbocycles. The predicted molar refractivity (Wildman–Crippen MR) is 95.1 cm³/mol. The Morgan fingerprint density at radius 1 is 1.36 bits per heavy atom. The molecule has 0 aliphatic carbocycles. The highest BCUT2D eigenvalue weighted by Gasteiger charge is 2.15. The average Bonchev–Trinajstić information content (AvgIpc) is 2.56. The van der Waals surface area contributed by atoms with Crippen LogP contribution < -0.4 is 14.8 Å². The van der Waals surface area contributed by atoms with Crippen molar-refractivity contribution in [3.05, 3.63) is 27.7 Å². The number of carbonyl (C=O) groups is 2. The molecule has 1 aromatic rings. The second-order valence-electron chi connectivity index (χ2n) is 5.20. The van der Waals surface area contributed by atoms with Crippen LogP contribution in [-0.2, 0) is 14.3 Å². The molecule has 0 saturated heterocycles. The Hall–Kier alpha value is -2.53. The second kappa shape index (κ2) is 9.69. The van der Waals surface area contributed by atoms with E-state index in [1.807, 2.05) is 6.07 Å². The summed E-state index contributed by atoms with van der Waals surface area (Å²) in [6, 6.07) is 5.03. The molecule has 7 nitrogen and oxygen atoms in total. The van der Waals surface area contributed by atoms with Crippen molar-refractivity contribution in [3.8, 4) is 17.6 Å². The van der Waals surface area contributed by atoms with Crippen molar-refractivity contribution in [2.24, 2.45) is 0 Å². The molecule has 134 valence electrons. The van der Waals surface area contributed by atoms with Crippen LogP contribution in [0.5, 0.6) is 11.5 Å². The summed E-state index contributed by atoms with van der Waals surface area (Å²) in [7, 11) is 2.70. The van der Waals surface area contributed by atoms with Crippen molar-refractivity contribution < 1.29 is 23.8 Å². The zero-order chi connectivity index (χ0) is 19.0. The van der Waals surface area contributed by atoms with E-state index in [1.54, 1.807) is 26.0 Å². The first kappa shape index (κ1) is 20.5. The number of benzene rings is 1. The number of carbonyl (C=O) groups excluding carboxylic acids is 2. The monoisotopic (exact) mass is 410 g/mol. The Balaban J connectivity index is 3.16. The molecular formula is C17H19BrN2O5. The van der Waals surface area contributed by atoms with Gasteiger partial charge in [0.15, 0.2) is 18.1 Å². The quantitative estimate of drug-likeness (QED) is 0.421. The Kier molecular flexibility index (Phi) is 7.95. The maximum Gasteiger partial charge on any atom is 0.343 e. The van der Waals surface area contributed by atoms with E-state index >= 15 is 0 Å². The molecule has 25 heavy (non-hydrogen) atoms. The lowest BCUT2D eigenvalue weighted by molar-refractivity contribution is -0.142. The molecule has 1 rings (SSSR count). The Labute approximate surface area is 154 Å². The number of nitriles is 1. The summed E-state index contributed by atoms with van der Waals surface area (Å²) in [5.41, 5.74) is 0.524. The van der Waals surface area contributed by atoms with Crippen LogP contribution >= 0.6 is 15.9 Å². The van der Waals surface area contributed by atoms with Crippen molar-refractivity contribution in [2.45, 2.75) is 19.9 Å². The van der Waals surface area contributed by atoms with E-state index in [9.17, 15) is 14.9 Å². The third kappa shape index (κ3) is 6.12. The number of hydrogen-bond acceptors (Lipinski definition) is 6. The van der Waals surface area contributed by atoms with E-state index in [2.05, 4.69) is 26.0 Å². The van der Waals surface area contributed by atoms with Gasteiger partial charge in [0, 0.05) is 6.04 Å². The van der Waals surface area contributed by atoms with Gasteiger partial charge < -0.3 is 19.5 Å². The largest absolute Gasteiger partial charge is 0.493 e. The zero-order valence-corrected chi connectivity index (χ0v) is 16.0. The third-order valence-electron chi connectivity index (χ3n) is 2.91. The van der Waals surface area contributed by atoms with Crippen LogP contribution in [0.15, 0.2) is 22.2 Å².